The molecule has 3 N–H and O–H groups in total. The largest absolute Gasteiger partial charge is 0.399 e. The van der Waals surface area contributed by atoms with Gasteiger partial charge in [0.1, 0.15) is 5.82 Å². The van der Waals surface area contributed by atoms with Crippen LogP contribution in [-0.4, -0.2) is 0 Å². The first-order chi connectivity index (χ1) is 8.04. The van der Waals surface area contributed by atoms with E-state index < -0.39 is 0 Å². The highest BCUT2D eigenvalue weighted by molar-refractivity contribution is 7.16. The first-order valence-corrected chi connectivity index (χ1v) is 6.32. The Morgan fingerprint density at radius 1 is 1.35 bits per heavy atom. The Morgan fingerprint density at radius 2 is 2.12 bits per heavy atom. The van der Waals surface area contributed by atoms with E-state index in [2.05, 4.69) is 5.32 Å². The molecular formula is C12H12ClFN2S. The number of thiophene rings is 1. The molecule has 0 amide bonds. The Kier molecular flexibility index (Phi) is 3.54. The third-order valence-corrected chi connectivity index (χ3v) is 3.74. The monoisotopic (exact) mass is 270 g/mol. The third kappa shape index (κ3) is 3.11. The molecule has 1 heterocycles. The quantitative estimate of drug-likeness (QED) is 0.816. The lowest BCUT2D eigenvalue weighted by Crippen LogP contribution is -2.05. The number of nitrogen functional groups attached to an aromatic ring is 1. The van der Waals surface area contributed by atoms with E-state index >= 15 is 0 Å². The summed E-state index contributed by atoms with van der Waals surface area (Å²) in [6.07, 6.45) is 0. The minimum Gasteiger partial charge on any atom is -0.399 e. The van der Waals surface area contributed by atoms with Crippen LogP contribution in [-0.2, 0) is 0 Å². The molecule has 5 heteroatoms. The molecule has 2 rings (SSSR count). The summed E-state index contributed by atoms with van der Waals surface area (Å²) in [5.41, 5.74) is 6.65. The number of nitrogens with two attached hydrogens (primary N) is 1. The van der Waals surface area contributed by atoms with Gasteiger partial charge in [-0.1, -0.05) is 11.6 Å². The van der Waals surface area contributed by atoms with Crippen molar-refractivity contribution in [2.24, 2.45) is 0 Å². The van der Waals surface area contributed by atoms with E-state index in [9.17, 15) is 4.39 Å². The van der Waals surface area contributed by atoms with Crippen molar-refractivity contribution >= 4 is 34.3 Å². The summed E-state index contributed by atoms with van der Waals surface area (Å²) in [7, 11) is 0. The zero-order valence-electron chi connectivity index (χ0n) is 9.21. The average Bonchev–Trinajstić information content (AvgIpc) is 2.63. The molecular weight excluding hydrogens is 259 g/mol. The summed E-state index contributed by atoms with van der Waals surface area (Å²) in [6, 6.07) is 8.27. The van der Waals surface area contributed by atoms with Crippen molar-refractivity contribution < 1.29 is 4.39 Å². The smallest absolute Gasteiger partial charge is 0.127 e. The molecule has 1 aromatic carbocycles. The molecule has 0 saturated heterocycles. The van der Waals surface area contributed by atoms with E-state index in [0.717, 1.165) is 9.21 Å². The molecule has 2 nitrogen and oxygen atoms in total. The molecule has 1 atom stereocenters. The lowest BCUT2D eigenvalue weighted by Gasteiger charge is -2.14. The predicted octanol–water partition coefficient (Wildman–Crippen LogP) is 4.30. The van der Waals surface area contributed by atoms with E-state index in [1.165, 1.54) is 23.5 Å². The fourth-order valence-electron chi connectivity index (χ4n) is 1.58. The van der Waals surface area contributed by atoms with Gasteiger partial charge in [-0.3, -0.25) is 0 Å². The Hall–Kier alpha value is -1.26. The van der Waals surface area contributed by atoms with Gasteiger partial charge in [0, 0.05) is 16.3 Å². The minimum atomic E-state index is -0.344. The zero-order valence-corrected chi connectivity index (χ0v) is 10.8. The molecule has 2 aromatic rings. The molecule has 17 heavy (non-hydrogen) atoms. The number of nitrogens with one attached hydrogen (secondary N) is 1. The average molecular weight is 271 g/mol. The number of benzene rings is 1. The van der Waals surface area contributed by atoms with Gasteiger partial charge in [-0.05, 0) is 37.3 Å². The van der Waals surface area contributed by atoms with Gasteiger partial charge < -0.3 is 11.1 Å². The van der Waals surface area contributed by atoms with Gasteiger partial charge >= 0.3 is 0 Å². The van der Waals surface area contributed by atoms with Crippen LogP contribution in [0.2, 0.25) is 4.34 Å². The van der Waals surface area contributed by atoms with Crippen molar-refractivity contribution in [3.05, 3.63) is 45.4 Å². The molecule has 0 saturated carbocycles. The van der Waals surface area contributed by atoms with Crippen LogP contribution < -0.4 is 11.1 Å². The second-order valence-corrected chi connectivity index (χ2v) is 5.53. The van der Waals surface area contributed by atoms with Crippen LogP contribution in [0.3, 0.4) is 0 Å². The molecule has 1 aromatic heterocycles. The van der Waals surface area contributed by atoms with E-state index in [4.69, 9.17) is 17.3 Å². The van der Waals surface area contributed by atoms with Crippen molar-refractivity contribution in [1.82, 2.24) is 0 Å². The minimum absolute atomic E-state index is 0.0636. The van der Waals surface area contributed by atoms with Gasteiger partial charge in [0.25, 0.3) is 0 Å². The molecule has 90 valence electrons. The Labute approximate surface area is 108 Å². The van der Waals surface area contributed by atoms with E-state index in [1.54, 1.807) is 6.07 Å². The SMILES string of the molecule is CC(Nc1cc(N)cc(F)c1)c1ccc(Cl)s1. The summed E-state index contributed by atoms with van der Waals surface area (Å²) in [4.78, 5) is 1.10. The molecule has 0 spiro atoms. The molecule has 0 fully saturated rings. The Morgan fingerprint density at radius 3 is 2.71 bits per heavy atom. The molecule has 0 radical (unpaired) electrons. The first kappa shape index (κ1) is 12.2. The van der Waals surface area contributed by atoms with Crippen molar-refractivity contribution in [2.75, 3.05) is 11.1 Å². The maximum Gasteiger partial charge on any atom is 0.127 e. The predicted molar refractivity (Wildman–Crippen MR) is 72.2 cm³/mol. The molecule has 0 aliphatic heterocycles. The van der Waals surface area contributed by atoms with Gasteiger partial charge in [0.15, 0.2) is 0 Å². The highest BCUT2D eigenvalue weighted by Crippen LogP contribution is 2.29. The van der Waals surface area contributed by atoms with Crippen molar-refractivity contribution in [1.29, 1.82) is 0 Å². The normalized spacial score (nSPS) is 12.4. The summed E-state index contributed by atoms with van der Waals surface area (Å²) in [6.45, 7) is 1.99. The maximum absolute atomic E-state index is 13.1. The number of rotatable bonds is 3. The van der Waals surface area contributed by atoms with Crippen LogP contribution in [0.1, 0.15) is 17.8 Å². The number of hydrogen-bond acceptors (Lipinski definition) is 3. The highest BCUT2D eigenvalue weighted by atomic mass is 35.5. The summed E-state index contributed by atoms with van der Waals surface area (Å²) in [5, 5.41) is 3.18. The van der Waals surface area contributed by atoms with Crippen LogP contribution in [0.5, 0.6) is 0 Å². The van der Waals surface area contributed by atoms with Crippen molar-refractivity contribution in [3.8, 4) is 0 Å². The summed E-state index contributed by atoms with van der Waals surface area (Å²) < 4.78 is 13.9. The van der Waals surface area contributed by atoms with E-state index in [1.807, 2.05) is 19.1 Å². The second kappa shape index (κ2) is 4.94. The van der Waals surface area contributed by atoms with Gasteiger partial charge in [0.05, 0.1) is 10.4 Å². The summed E-state index contributed by atoms with van der Waals surface area (Å²) in [5.74, 6) is -0.344. The number of anilines is 2. The van der Waals surface area contributed by atoms with Gasteiger partial charge in [-0.15, -0.1) is 11.3 Å². The lowest BCUT2D eigenvalue weighted by molar-refractivity contribution is 0.628. The third-order valence-electron chi connectivity index (χ3n) is 2.32. The lowest BCUT2D eigenvalue weighted by atomic mass is 10.2. The van der Waals surface area contributed by atoms with Crippen LogP contribution in [0.15, 0.2) is 30.3 Å². The Balaban J connectivity index is 2.15. The van der Waals surface area contributed by atoms with Gasteiger partial charge in [0.2, 0.25) is 0 Å². The van der Waals surface area contributed by atoms with Crippen LogP contribution in [0.4, 0.5) is 15.8 Å². The van der Waals surface area contributed by atoms with Crippen LogP contribution in [0, 0.1) is 5.82 Å². The van der Waals surface area contributed by atoms with Crippen molar-refractivity contribution in [2.45, 2.75) is 13.0 Å². The van der Waals surface area contributed by atoms with Crippen LogP contribution in [0.25, 0.3) is 0 Å². The molecule has 0 aliphatic carbocycles. The molecule has 0 aliphatic rings. The fourth-order valence-corrected chi connectivity index (χ4v) is 2.64. The molecule has 0 bridgehead atoms. The van der Waals surface area contributed by atoms with E-state index in [0.29, 0.717) is 11.4 Å². The van der Waals surface area contributed by atoms with Gasteiger partial charge in [-0.25, -0.2) is 4.39 Å². The maximum atomic E-state index is 13.1. The zero-order chi connectivity index (χ0) is 12.4. The molecule has 1 unspecified atom stereocenters. The standard InChI is InChI=1S/C12H12ClFN2S/c1-7(11-2-3-12(13)17-11)16-10-5-8(14)4-9(15)6-10/h2-7,16H,15H2,1H3. The number of halogens is 2. The fraction of sp³-hybridized carbons (Fsp3) is 0.167. The first-order valence-electron chi connectivity index (χ1n) is 5.12. The second-order valence-electron chi connectivity index (χ2n) is 3.78. The Bertz CT molecular complexity index is 507. The van der Waals surface area contributed by atoms with Gasteiger partial charge in [-0.2, -0.15) is 0 Å². The van der Waals surface area contributed by atoms with Crippen molar-refractivity contribution in [3.63, 3.8) is 0 Å². The van der Waals surface area contributed by atoms with E-state index in [-0.39, 0.29) is 11.9 Å². The highest BCUT2D eigenvalue weighted by Gasteiger charge is 2.08. The number of hydrogen-bond donors (Lipinski definition) is 2. The summed E-state index contributed by atoms with van der Waals surface area (Å²) >= 11 is 7.37. The topological polar surface area (TPSA) is 38.0 Å². The van der Waals surface area contributed by atoms with Crippen LogP contribution >= 0.6 is 22.9 Å².